The summed E-state index contributed by atoms with van der Waals surface area (Å²) in [5.41, 5.74) is 0.889. The van der Waals surface area contributed by atoms with Crippen LogP contribution in [0.3, 0.4) is 0 Å². The summed E-state index contributed by atoms with van der Waals surface area (Å²) in [5.74, 6) is -0.533. The predicted molar refractivity (Wildman–Crippen MR) is 61.5 cm³/mol. The van der Waals surface area contributed by atoms with E-state index < -0.39 is 0 Å². The third-order valence-electron chi connectivity index (χ3n) is 2.30. The first kappa shape index (κ1) is 12.2. The molecule has 0 unspecified atom stereocenters. The van der Waals surface area contributed by atoms with Crippen LogP contribution in [0.25, 0.3) is 0 Å². The van der Waals surface area contributed by atoms with Gasteiger partial charge < -0.3 is 4.90 Å². The van der Waals surface area contributed by atoms with Crippen molar-refractivity contribution in [1.29, 1.82) is 0 Å². The van der Waals surface area contributed by atoms with Crippen molar-refractivity contribution in [1.82, 2.24) is 4.90 Å². The van der Waals surface area contributed by atoms with E-state index in [2.05, 4.69) is 15.9 Å². The van der Waals surface area contributed by atoms with Crippen LogP contribution < -0.4 is 0 Å². The van der Waals surface area contributed by atoms with E-state index in [1.165, 1.54) is 11.0 Å². The van der Waals surface area contributed by atoms with E-state index in [1.54, 1.807) is 20.0 Å². The number of benzene rings is 1. The highest BCUT2D eigenvalue weighted by molar-refractivity contribution is 9.10. The lowest BCUT2D eigenvalue weighted by molar-refractivity contribution is 0.0801. The van der Waals surface area contributed by atoms with Crippen LogP contribution in [0.1, 0.15) is 22.8 Å². The molecule has 2 nitrogen and oxygen atoms in total. The van der Waals surface area contributed by atoms with Crippen LogP contribution in [0.2, 0.25) is 0 Å². The molecule has 0 saturated heterocycles. The fraction of sp³-hybridized carbons (Fsp3) is 0.364. The second kappa shape index (κ2) is 4.75. The Morgan fingerprint density at radius 1 is 1.53 bits per heavy atom. The van der Waals surface area contributed by atoms with Gasteiger partial charge in [0.2, 0.25) is 0 Å². The van der Waals surface area contributed by atoms with Crippen LogP contribution in [0.4, 0.5) is 4.39 Å². The van der Waals surface area contributed by atoms with Gasteiger partial charge in [0.25, 0.3) is 5.91 Å². The topological polar surface area (TPSA) is 20.3 Å². The van der Waals surface area contributed by atoms with Crippen LogP contribution in [0.15, 0.2) is 16.6 Å². The number of carbonyl (C=O) groups excluding carboxylic acids is 1. The van der Waals surface area contributed by atoms with E-state index in [-0.39, 0.29) is 11.7 Å². The molecule has 0 fully saturated rings. The zero-order valence-corrected chi connectivity index (χ0v) is 10.6. The Morgan fingerprint density at radius 2 is 2.13 bits per heavy atom. The predicted octanol–water partition coefficient (Wildman–Crippen LogP) is 2.99. The van der Waals surface area contributed by atoms with Gasteiger partial charge >= 0.3 is 0 Å². The highest BCUT2D eigenvalue weighted by atomic mass is 79.9. The Bertz CT molecular complexity index is 392. The molecule has 1 aromatic rings. The largest absolute Gasteiger partial charge is 0.342 e. The molecule has 0 aliphatic carbocycles. The number of aryl methyl sites for hydroxylation is 1. The maximum atomic E-state index is 13.3. The lowest BCUT2D eigenvalue weighted by atomic mass is 10.1. The van der Waals surface area contributed by atoms with Gasteiger partial charge in [-0.3, -0.25) is 4.79 Å². The van der Waals surface area contributed by atoms with Crippen molar-refractivity contribution in [2.45, 2.75) is 13.8 Å². The quantitative estimate of drug-likeness (QED) is 0.811. The summed E-state index contributed by atoms with van der Waals surface area (Å²) in [4.78, 5) is 13.3. The van der Waals surface area contributed by atoms with Gasteiger partial charge in [-0.05, 0) is 47.5 Å². The molecule has 1 amide bonds. The standard InChI is InChI=1S/C11H13BrFNO/c1-4-14(3)11(15)8-6-10(13)7(2)5-9(8)12/h5-6H,4H2,1-3H3. The Kier molecular flexibility index (Phi) is 3.85. The summed E-state index contributed by atoms with van der Waals surface area (Å²) >= 11 is 3.27. The van der Waals surface area contributed by atoms with Gasteiger partial charge in [-0.15, -0.1) is 0 Å². The SMILES string of the molecule is CCN(C)C(=O)c1cc(F)c(C)cc1Br. The highest BCUT2D eigenvalue weighted by Crippen LogP contribution is 2.22. The van der Waals surface area contributed by atoms with Crippen molar-refractivity contribution in [2.24, 2.45) is 0 Å². The average Bonchev–Trinajstić information content (AvgIpc) is 2.21. The first-order valence-electron chi connectivity index (χ1n) is 4.68. The molecule has 0 aromatic heterocycles. The zero-order valence-electron chi connectivity index (χ0n) is 8.97. The highest BCUT2D eigenvalue weighted by Gasteiger charge is 2.15. The van der Waals surface area contributed by atoms with Gasteiger partial charge in [0.05, 0.1) is 5.56 Å². The van der Waals surface area contributed by atoms with Crippen molar-refractivity contribution in [3.8, 4) is 0 Å². The average molecular weight is 274 g/mol. The minimum Gasteiger partial charge on any atom is -0.342 e. The molecule has 0 N–H and O–H groups in total. The molecular weight excluding hydrogens is 261 g/mol. The first-order valence-corrected chi connectivity index (χ1v) is 5.47. The van der Waals surface area contributed by atoms with E-state index in [9.17, 15) is 9.18 Å². The Labute approximate surface area is 97.2 Å². The summed E-state index contributed by atoms with van der Waals surface area (Å²) in [7, 11) is 1.69. The monoisotopic (exact) mass is 273 g/mol. The van der Waals surface area contributed by atoms with Crippen LogP contribution in [-0.2, 0) is 0 Å². The third-order valence-corrected chi connectivity index (χ3v) is 2.96. The molecule has 0 atom stereocenters. The van der Waals surface area contributed by atoms with Gasteiger partial charge in [-0.25, -0.2) is 4.39 Å². The van der Waals surface area contributed by atoms with Crippen LogP contribution >= 0.6 is 15.9 Å². The van der Waals surface area contributed by atoms with Crippen LogP contribution in [-0.4, -0.2) is 24.4 Å². The van der Waals surface area contributed by atoms with Crippen molar-refractivity contribution < 1.29 is 9.18 Å². The number of halogens is 2. The summed E-state index contributed by atoms with van der Waals surface area (Å²) in [5, 5.41) is 0. The fourth-order valence-corrected chi connectivity index (χ4v) is 1.79. The zero-order chi connectivity index (χ0) is 11.6. The van der Waals surface area contributed by atoms with Crippen molar-refractivity contribution in [3.63, 3.8) is 0 Å². The summed E-state index contributed by atoms with van der Waals surface area (Å²) < 4.78 is 13.9. The maximum absolute atomic E-state index is 13.3. The number of carbonyl (C=O) groups is 1. The molecule has 1 rings (SSSR count). The normalized spacial score (nSPS) is 10.2. The molecule has 0 aliphatic rings. The number of rotatable bonds is 2. The lowest BCUT2D eigenvalue weighted by Gasteiger charge is -2.15. The minimum atomic E-state index is -0.356. The summed E-state index contributed by atoms with van der Waals surface area (Å²) in [6.07, 6.45) is 0. The number of nitrogens with zero attached hydrogens (tertiary/aromatic N) is 1. The fourth-order valence-electron chi connectivity index (χ4n) is 1.16. The second-order valence-electron chi connectivity index (χ2n) is 3.40. The number of amides is 1. The van der Waals surface area contributed by atoms with Gasteiger partial charge in [0.1, 0.15) is 5.82 Å². The molecule has 0 heterocycles. The smallest absolute Gasteiger partial charge is 0.254 e. The lowest BCUT2D eigenvalue weighted by Crippen LogP contribution is -2.26. The molecule has 0 bridgehead atoms. The molecule has 0 spiro atoms. The minimum absolute atomic E-state index is 0.178. The first-order chi connectivity index (χ1) is 6.97. The van der Waals surface area contributed by atoms with E-state index >= 15 is 0 Å². The van der Waals surface area contributed by atoms with E-state index in [1.807, 2.05) is 6.92 Å². The van der Waals surface area contributed by atoms with Crippen LogP contribution in [0.5, 0.6) is 0 Å². The van der Waals surface area contributed by atoms with Crippen LogP contribution in [0, 0.1) is 12.7 Å². The van der Waals surface area contributed by atoms with Crippen molar-refractivity contribution in [2.75, 3.05) is 13.6 Å². The molecule has 0 radical (unpaired) electrons. The van der Waals surface area contributed by atoms with E-state index in [0.717, 1.165) is 0 Å². The molecule has 0 aliphatic heterocycles. The number of hydrogen-bond donors (Lipinski definition) is 0. The second-order valence-corrected chi connectivity index (χ2v) is 4.25. The molecule has 82 valence electrons. The van der Waals surface area contributed by atoms with E-state index in [0.29, 0.717) is 22.1 Å². The van der Waals surface area contributed by atoms with Gasteiger partial charge in [-0.1, -0.05) is 0 Å². The molecule has 0 saturated carbocycles. The van der Waals surface area contributed by atoms with Gasteiger partial charge in [-0.2, -0.15) is 0 Å². The van der Waals surface area contributed by atoms with Crippen molar-refractivity contribution >= 4 is 21.8 Å². The molecular formula is C11H13BrFNO. The van der Waals surface area contributed by atoms with Crippen molar-refractivity contribution in [3.05, 3.63) is 33.5 Å². The Hall–Kier alpha value is -0.900. The van der Waals surface area contributed by atoms with E-state index in [4.69, 9.17) is 0 Å². The Morgan fingerprint density at radius 3 is 2.67 bits per heavy atom. The third kappa shape index (κ3) is 2.56. The maximum Gasteiger partial charge on any atom is 0.254 e. The Balaban J connectivity index is 3.15. The summed E-state index contributed by atoms with van der Waals surface area (Å²) in [6.45, 7) is 4.13. The summed E-state index contributed by atoms with van der Waals surface area (Å²) in [6, 6.07) is 2.89. The molecule has 1 aromatic carbocycles. The molecule has 15 heavy (non-hydrogen) atoms. The number of hydrogen-bond acceptors (Lipinski definition) is 1. The van der Waals surface area contributed by atoms with Gasteiger partial charge in [0.15, 0.2) is 0 Å². The molecule has 4 heteroatoms. The van der Waals surface area contributed by atoms with Gasteiger partial charge in [0, 0.05) is 18.1 Å².